The molecule has 0 aliphatic heterocycles. The zero-order valence-electron chi connectivity index (χ0n) is 10.3. The van der Waals surface area contributed by atoms with Gasteiger partial charge < -0.3 is 9.47 Å². The average molecular weight is 344 g/mol. The molecule has 0 radical (unpaired) electrons. The first-order valence-electron chi connectivity index (χ1n) is 5.55. The number of halogens is 2. The zero-order chi connectivity index (χ0) is 13.7. The van der Waals surface area contributed by atoms with Gasteiger partial charge in [-0.15, -0.1) is 0 Å². The number of nitrogens with zero attached hydrogens (tertiary/aromatic N) is 2. The number of rotatable bonds is 5. The normalized spacial score (nSPS) is 10.3. The maximum atomic E-state index is 6.19. The Kier molecular flexibility index (Phi) is 4.99. The lowest BCUT2D eigenvalue weighted by atomic mass is 10.2. The van der Waals surface area contributed by atoms with Crippen LogP contribution in [0.25, 0.3) is 0 Å². The van der Waals surface area contributed by atoms with Gasteiger partial charge >= 0.3 is 0 Å². The van der Waals surface area contributed by atoms with Gasteiger partial charge in [0.1, 0.15) is 6.61 Å². The molecular formula is C13H12BrClN2O2. The summed E-state index contributed by atoms with van der Waals surface area (Å²) in [5.41, 5.74) is 1.02. The topological polar surface area (TPSA) is 44.2 Å². The minimum absolute atomic E-state index is 0.241. The molecule has 0 bridgehead atoms. The Morgan fingerprint density at radius 1 is 1.26 bits per heavy atom. The summed E-state index contributed by atoms with van der Waals surface area (Å²) in [7, 11) is 1.58. The minimum Gasteiger partial charge on any atom is -0.493 e. The molecule has 100 valence electrons. The molecule has 0 spiro atoms. The first-order chi connectivity index (χ1) is 9.24. The summed E-state index contributed by atoms with van der Waals surface area (Å²) >= 11 is 9.57. The monoisotopic (exact) mass is 342 g/mol. The summed E-state index contributed by atoms with van der Waals surface area (Å²) in [5, 5.41) is 1.20. The molecule has 2 aromatic rings. The highest BCUT2D eigenvalue weighted by Gasteiger charge is 2.12. The van der Waals surface area contributed by atoms with E-state index in [4.69, 9.17) is 21.1 Å². The number of benzene rings is 1. The minimum atomic E-state index is 0.241. The van der Waals surface area contributed by atoms with Gasteiger partial charge in [-0.2, -0.15) is 0 Å². The smallest absolute Gasteiger partial charge is 0.180 e. The Morgan fingerprint density at radius 2 is 2.00 bits per heavy atom. The summed E-state index contributed by atoms with van der Waals surface area (Å²) < 4.78 is 10.9. The van der Waals surface area contributed by atoms with E-state index in [0.29, 0.717) is 27.7 Å². The predicted molar refractivity (Wildman–Crippen MR) is 77.0 cm³/mol. The van der Waals surface area contributed by atoms with Crippen LogP contribution in [0, 0.1) is 0 Å². The fourth-order valence-corrected chi connectivity index (χ4v) is 2.14. The van der Waals surface area contributed by atoms with Crippen molar-refractivity contribution in [3.05, 3.63) is 47.0 Å². The molecule has 0 atom stereocenters. The van der Waals surface area contributed by atoms with Crippen molar-refractivity contribution < 1.29 is 9.47 Å². The first kappa shape index (κ1) is 14.1. The van der Waals surface area contributed by atoms with Crippen molar-refractivity contribution in [3.8, 4) is 11.5 Å². The SMILES string of the molecule is COc1cc(CBr)cc(Cl)c1OCc1ncccn1. The fraction of sp³-hybridized carbons (Fsp3) is 0.231. The van der Waals surface area contributed by atoms with Crippen LogP contribution in [0.5, 0.6) is 11.5 Å². The van der Waals surface area contributed by atoms with Gasteiger partial charge in [0, 0.05) is 17.7 Å². The zero-order valence-corrected chi connectivity index (χ0v) is 12.6. The molecule has 0 saturated carbocycles. The summed E-state index contributed by atoms with van der Waals surface area (Å²) in [6.45, 7) is 0.241. The number of hydrogen-bond acceptors (Lipinski definition) is 4. The Hall–Kier alpha value is -1.33. The third-order valence-corrected chi connectivity index (χ3v) is 3.34. The van der Waals surface area contributed by atoms with E-state index < -0.39 is 0 Å². The van der Waals surface area contributed by atoms with Crippen LogP contribution in [0.2, 0.25) is 5.02 Å². The third-order valence-electron chi connectivity index (χ3n) is 2.41. The number of methoxy groups -OCH3 is 1. The number of aromatic nitrogens is 2. The van der Waals surface area contributed by atoms with Crippen molar-refractivity contribution in [2.75, 3.05) is 7.11 Å². The van der Waals surface area contributed by atoms with Crippen LogP contribution in [0.3, 0.4) is 0 Å². The quantitative estimate of drug-likeness (QED) is 0.778. The van der Waals surface area contributed by atoms with E-state index in [1.54, 1.807) is 25.6 Å². The van der Waals surface area contributed by atoms with Crippen LogP contribution < -0.4 is 9.47 Å². The number of ether oxygens (including phenoxy) is 2. The highest BCUT2D eigenvalue weighted by atomic mass is 79.9. The molecule has 0 N–H and O–H groups in total. The van der Waals surface area contributed by atoms with Crippen molar-refractivity contribution in [3.63, 3.8) is 0 Å². The number of hydrogen-bond donors (Lipinski definition) is 0. The van der Waals surface area contributed by atoms with Crippen molar-refractivity contribution in [1.29, 1.82) is 0 Å². The van der Waals surface area contributed by atoms with Gasteiger partial charge in [-0.05, 0) is 23.8 Å². The van der Waals surface area contributed by atoms with Crippen LogP contribution in [0.1, 0.15) is 11.4 Å². The van der Waals surface area contributed by atoms with Crippen molar-refractivity contribution in [1.82, 2.24) is 9.97 Å². The molecule has 4 nitrogen and oxygen atoms in total. The summed E-state index contributed by atoms with van der Waals surface area (Å²) in [5.74, 6) is 1.68. The summed E-state index contributed by atoms with van der Waals surface area (Å²) in [6.07, 6.45) is 3.33. The molecule has 1 aromatic heterocycles. The van der Waals surface area contributed by atoms with Crippen LogP contribution in [-0.2, 0) is 11.9 Å². The second-order valence-corrected chi connectivity index (χ2v) is 4.66. The van der Waals surface area contributed by atoms with Crippen molar-refractivity contribution in [2.24, 2.45) is 0 Å². The van der Waals surface area contributed by atoms with Gasteiger partial charge in [0.15, 0.2) is 17.3 Å². The Morgan fingerprint density at radius 3 is 2.63 bits per heavy atom. The van der Waals surface area contributed by atoms with Gasteiger partial charge in [-0.3, -0.25) is 0 Å². The maximum absolute atomic E-state index is 6.19. The molecule has 2 rings (SSSR count). The first-order valence-corrected chi connectivity index (χ1v) is 7.05. The lowest BCUT2D eigenvalue weighted by Gasteiger charge is -2.13. The molecule has 0 fully saturated rings. The third kappa shape index (κ3) is 3.58. The van der Waals surface area contributed by atoms with Gasteiger partial charge in [-0.1, -0.05) is 27.5 Å². The van der Waals surface area contributed by atoms with Gasteiger partial charge in [0.2, 0.25) is 0 Å². The highest BCUT2D eigenvalue weighted by Crippen LogP contribution is 2.37. The highest BCUT2D eigenvalue weighted by molar-refractivity contribution is 9.08. The van der Waals surface area contributed by atoms with E-state index >= 15 is 0 Å². The van der Waals surface area contributed by atoms with Crippen LogP contribution >= 0.6 is 27.5 Å². The van der Waals surface area contributed by atoms with Crippen molar-refractivity contribution >= 4 is 27.5 Å². The molecule has 6 heteroatoms. The fourth-order valence-electron chi connectivity index (χ4n) is 1.53. The lowest BCUT2D eigenvalue weighted by molar-refractivity contribution is 0.276. The molecule has 0 unspecified atom stereocenters. The van der Waals surface area contributed by atoms with Crippen LogP contribution in [0.15, 0.2) is 30.6 Å². The molecule has 0 aliphatic rings. The van der Waals surface area contributed by atoms with Crippen LogP contribution in [0.4, 0.5) is 0 Å². The molecule has 0 amide bonds. The van der Waals surface area contributed by atoms with Gasteiger partial charge in [0.05, 0.1) is 12.1 Å². The molecule has 0 aliphatic carbocycles. The standard InChI is InChI=1S/C13H12BrClN2O2/c1-18-11-6-9(7-14)5-10(15)13(11)19-8-12-16-3-2-4-17-12/h2-6H,7-8H2,1H3. The van der Waals surface area contributed by atoms with E-state index in [1.165, 1.54) is 0 Å². The van der Waals surface area contributed by atoms with Crippen molar-refractivity contribution in [2.45, 2.75) is 11.9 Å². The summed E-state index contributed by atoms with van der Waals surface area (Å²) in [4.78, 5) is 8.17. The van der Waals surface area contributed by atoms with E-state index in [1.807, 2.05) is 12.1 Å². The molecule has 0 saturated heterocycles. The Balaban J connectivity index is 2.20. The average Bonchev–Trinajstić information content (AvgIpc) is 2.46. The summed E-state index contributed by atoms with van der Waals surface area (Å²) in [6, 6.07) is 5.46. The van der Waals surface area contributed by atoms with Crippen LogP contribution in [-0.4, -0.2) is 17.1 Å². The van der Waals surface area contributed by atoms with E-state index in [2.05, 4.69) is 25.9 Å². The lowest BCUT2D eigenvalue weighted by Crippen LogP contribution is -2.02. The van der Waals surface area contributed by atoms with E-state index in [9.17, 15) is 0 Å². The second kappa shape index (κ2) is 6.73. The molecule has 1 heterocycles. The predicted octanol–water partition coefficient (Wildman–Crippen LogP) is 3.61. The molecule has 1 aromatic carbocycles. The Labute approximate surface area is 124 Å². The number of alkyl halides is 1. The van der Waals surface area contributed by atoms with Gasteiger partial charge in [-0.25, -0.2) is 9.97 Å². The largest absolute Gasteiger partial charge is 0.493 e. The molecule has 19 heavy (non-hydrogen) atoms. The van der Waals surface area contributed by atoms with E-state index in [0.717, 1.165) is 5.56 Å². The second-order valence-electron chi connectivity index (χ2n) is 3.70. The Bertz CT molecular complexity index is 552. The van der Waals surface area contributed by atoms with E-state index in [-0.39, 0.29) is 6.61 Å². The van der Waals surface area contributed by atoms with Gasteiger partial charge in [0.25, 0.3) is 0 Å². The maximum Gasteiger partial charge on any atom is 0.180 e. The molecular weight excluding hydrogens is 332 g/mol.